The molecular weight excluding hydrogens is 281 g/mol. The van der Waals surface area contributed by atoms with Crippen LogP contribution in [-0.4, -0.2) is 25.7 Å². The van der Waals surface area contributed by atoms with Crippen LogP contribution < -0.4 is 4.72 Å². The molecule has 1 rings (SSSR count). The summed E-state index contributed by atoms with van der Waals surface area (Å²) in [7, 11) is -3.90. The number of sulfonamides is 1. The summed E-state index contributed by atoms with van der Waals surface area (Å²) in [5.41, 5.74) is -0.976. The molecule has 0 heterocycles. The van der Waals surface area contributed by atoms with Crippen LogP contribution in [0.3, 0.4) is 0 Å². The molecule has 0 aromatic heterocycles. The van der Waals surface area contributed by atoms with Crippen molar-refractivity contribution in [3.63, 3.8) is 0 Å². The maximum Gasteiger partial charge on any atom is 0.242 e. The number of hydrogen-bond donors (Lipinski definition) is 2. The Morgan fingerprint density at radius 3 is 2.56 bits per heavy atom. The normalized spacial score (nSPS) is 15.4. The molecule has 18 heavy (non-hydrogen) atoms. The highest BCUT2D eigenvalue weighted by molar-refractivity contribution is 7.89. The Morgan fingerprint density at radius 2 is 2.11 bits per heavy atom. The van der Waals surface area contributed by atoms with E-state index < -0.39 is 21.4 Å². The van der Waals surface area contributed by atoms with Gasteiger partial charge in [-0.1, -0.05) is 18.5 Å². The predicted octanol–water partition coefficient (Wildman–Crippen LogP) is 1.92. The lowest BCUT2D eigenvalue weighted by atomic mass is 10.0. The SMILES string of the molecule is CCC(C)(CO)NS(=O)(=O)c1ccc(F)cc1Cl. The van der Waals surface area contributed by atoms with Gasteiger partial charge in [0.05, 0.1) is 17.2 Å². The van der Waals surface area contributed by atoms with Crippen LogP contribution in [0.25, 0.3) is 0 Å². The van der Waals surface area contributed by atoms with Crippen molar-refractivity contribution >= 4 is 21.6 Å². The lowest BCUT2D eigenvalue weighted by Gasteiger charge is -2.26. The van der Waals surface area contributed by atoms with Gasteiger partial charge in [-0.3, -0.25) is 0 Å². The predicted molar refractivity (Wildman–Crippen MR) is 67.5 cm³/mol. The van der Waals surface area contributed by atoms with Crippen molar-refractivity contribution in [2.75, 3.05) is 6.61 Å². The summed E-state index contributed by atoms with van der Waals surface area (Å²) in [4.78, 5) is -0.210. The molecule has 0 aliphatic rings. The molecule has 102 valence electrons. The minimum Gasteiger partial charge on any atom is -0.394 e. The van der Waals surface area contributed by atoms with E-state index in [0.29, 0.717) is 6.42 Å². The van der Waals surface area contributed by atoms with Crippen LogP contribution in [0.5, 0.6) is 0 Å². The summed E-state index contributed by atoms with van der Waals surface area (Å²) in [5, 5.41) is 8.99. The van der Waals surface area contributed by atoms with Gasteiger partial charge < -0.3 is 5.11 Å². The van der Waals surface area contributed by atoms with E-state index in [2.05, 4.69) is 4.72 Å². The molecule has 1 atom stereocenters. The van der Waals surface area contributed by atoms with Crippen LogP contribution in [0.2, 0.25) is 5.02 Å². The standard InChI is InChI=1S/C11H15ClFNO3S/c1-3-11(2,7-15)14-18(16,17)10-5-4-8(13)6-9(10)12/h4-6,14-15H,3,7H2,1-2H3. The van der Waals surface area contributed by atoms with Gasteiger partial charge >= 0.3 is 0 Å². The van der Waals surface area contributed by atoms with Gasteiger partial charge in [0.15, 0.2) is 0 Å². The quantitative estimate of drug-likeness (QED) is 0.872. The molecule has 4 nitrogen and oxygen atoms in total. The average Bonchev–Trinajstić information content (AvgIpc) is 2.27. The van der Waals surface area contributed by atoms with E-state index >= 15 is 0 Å². The van der Waals surface area contributed by atoms with E-state index in [-0.39, 0.29) is 16.5 Å². The molecule has 0 aliphatic carbocycles. The molecule has 0 spiro atoms. The van der Waals surface area contributed by atoms with Crippen LogP contribution in [0.4, 0.5) is 4.39 Å². The fourth-order valence-electron chi connectivity index (χ4n) is 1.29. The lowest BCUT2D eigenvalue weighted by molar-refractivity contribution is 0.191. The number of benzene rings is 1. The van der Waals surface area contributed by atoms with Gasteiger partial charge in [0.2, 0.25) is 10.0 Å². The van der Waals surface area contributed by atoms with Gasteiger partial charge in [0.25, 0.3) is 0 Å². The lowest BCUT2D eigenvalue weighted by Crippen LogP contribution is -2.48. The Kier molecular flexibility index (Phi) is 4.72. The van der Waals surface area contributed by atoms with E-state index in [4.69, 9.17) is 11.6 Å². The number of rotatable bonds is 5. The van der Waals surface area contributed by atoms with E-state index in [9.17, 15) is 17.9 Å². The summed E-state index contributed by atoms with van der Waals surface area (Å²) in [6, 6.07) is 3.04. The first kappa shape index (κ1) is 15.4. The Balaban J connectivity index is 3.15. The van der Waals surface area contributed by atoms with Crippen LogP contribution in [0, 0.1) is 5.82 Å². The summed E-state index contributed by atoms with van der Waals surface area (Å²) in [6.45, 7) is 2.97. The monoisotopic (exact) mass is 295 g/mol. The minimum absolute atomic E-state index is 0.195. The number of hydrogen-bond acceptors (Lipinski definition) is 3. The Bertz CT molecular complexity index is 529. The Morgan fingerprint density at radius 1 is 1.50 bits per heavy atom. The second kappa shape index (κ2) is 5.52. The zero-order chi connectivity index (χ0) is 14.0. The summed E-state index contributed by atoms with van der Waals surface area (Å²) in [5.74, 6) is -0.612. The highest BCUT2D eigenvalue weighted by Crippen LogP contribution is 2.24. The van der Waals surface area contributed by atoms with Crippen LogP contribution >= 0.6 is 11.6 Å². The first-order chi connectivity index (χ1) is 8.24. The van der Waals surface area contributed by atoms with Gasteiger partial charge in [-0.15, -0.1) is 0 Å². The molecule has 0 aliphatic heterocycles. The second-order valence-corrected chi connectivity index (χ2v) is 6.31. The number of aliphatic hydroxyl groups is 1. The van der Waals surface area contributed by atoms with Gasteiger partial charge in [0, 0.05) is 0 Å². The first-order valence-corrected chi connectivity index (χ1v) is 7.20. The molecular formula is C11H15ClFNO3S. The average molecular weight is 296 g/mol. The van der Waals surface area contributed by atoms with E-state index in [0.717, 1.165) is 18.2 Å². The summed E-state index contributed by atoms with van der Waals surface area (Å²) >= 11 is 5.71. The molecule has 0 fully saturated rings. The van der Waals surface area contributed by atoms with Crippen molar-refractivity contribution in [2.24, 2.45) is 0 Å². The van der Waals surface area contributed by atoms with Gasteiger partial charge in [0.1, 0.15) is 10.7 Å². The smallest absolute Gasteiger partial charge is 0.242 e. The molecule has 0 radical (unpaired) electrons. The van der Waals surface area contributed by atoms with Gasteiger partial charge in [-0.25, -0.2) is 17.5 Å². The third-order valence-corrected chi connectivity index (χ3v) is 4.81. The maximum atomic E-state index is 12.9. The zero-order valence-electron chi connectivity index (χ0n) is 10.1. The first-order valence-electron chi connectivity index (χ1n) is 5.34. The Labute approximate surface area is 111 Å². The largest absolute Gasteiger partial charge is 0.394 e. The van der Waals surface area contributed by atoms with Crippen LogP contribution in [-0.2, 0) is 10.0 Å². The highest BCUT2D eigenvalue weighted by atomic mass is 35.5. The van der Waals surface area contributed by atoms with Gasteiger partial charge in [-0.2, -0.15) is 0 Å². The van der Waals surface area contributed by atoms with Crippen molar-refractivity contribution in [2.45, 2.75) is 30.7 Å². The highest BCUT2D eigenvalue weighted by Gasteiger charge is 2.29. The molecule has 7 heteroatoms. The molecule has 1 aromatic rings. The zero-order valence-corrected chi connectivity index (χ0v) is 11.6. The molecule has 0 amide bonds. The fraction of sp³-hybridized carbons (Fsp3) is 0.455. The van der Waals surface area contributed by atoms with Crippen molar-refractivity contribution in [1.29, 1.82) is 0 Å². The summed E-state index contributed by atoms with van der Waals surface area (Å²) in [6.07, 6.45) is 0.404. The molecule has 1 aromatic carbocycles. The number of aliphatic hydroxyl groups excluding tert-OH is 1. The topological polar surface area (TPSA) is 66.4 Å². The minimum atomic E-state index is -3.90. The van der Waals surface area contributed by atoms with Crippen molar-refractivity contribution in [1.82, 2.24) is 4.72 Å². The molecule has 1 unspecified atom stereocenters. The number of nitrogens with one attached hydrogen (secondary N) is 1. The van der Waals surface area contributed by atoms with E-state index in [1.807, 2.05) is 0 Å². The van der Waals surface area contributed by atoms with E-state index in [1.54, 1.807) is 13.8 Å². The van der Waals surface area contributed by atoms with Crippen molar-refractivity contribution in [3.8, 4) is 0 Å². The summed E-state index contributed by atoms with van der Waals surface area (Å²) < 4.78 is 39.4. The molecule has 0 saturated heterocycles. The molecule has 0 saturated carbocycles. The van der Waals surface area contributed by atoms with Crippen LogP contribution in [0.15, 0.2) is 23.1 Å². The maximum absolute atomic E-state index is 12.9. The third-order valence-electron chi connectivity index (χ3n) is 2.69. The number of halogens is 2. The van der Waals surface area contributed by atoms with Crippen molar-refractivity contribution in [3.05, 3.63) is 29.0 Å². The second-order valence-electron chi connectivity index (χ2n) is 4.25. The van der Waals surface area contributed by atoms with Gasteiger partial charge in [-0.05, 0) is 31.5 Å². The molecule has 0 bridgehead atoms. The molecule has 2 N–H and O–H groups in total. The third kappa shape index (κ3) is 3.41. The Hall–Kier alpha value is -0.690. The fourth-order valence-corrected chi connectivity index (χ4v) is 3.29. The van der Waals surface area contributed by atoms with Crippen LogP contribution in [0.1, 0.15) is 20.3 Å². The van der Waals surface area contributed by atoms with E-state index in [1.165, 1.54) is 0 Å². The van der Waals surface area contributed by atoms with Crippen molar-refractivity contribution < 1.29 is 17.9 Å².